The highest BCUT2D eigenvalue weighted by Crippen LogP contribution is 2.34. The van der Waals surface area contributed by atoms with Gasteiger partial charge in [0, 0.05) is 44.8 Å². The highest BCUT2D eigenvalue weighted by atomic mass is 16.2. The van der Waals surface area contributed by atoms with Gasteiger partial charge in [-0.3, -0.25) is 24.0 Å². The predicted octanol–water partition coefficient (Wildman–Crippen LogP) is 3.67. The van der Waals surface area contributed by atoms with Crippen LogP contribution in [0.15, 0.2) is 54.6 Å². The van der Waals surface area contributed by atoms with E-state index >= 15 is 0 Å². The van der Waals surface area contributed by atoms with Gasteiger partial charge in [0.25, 0.3) is 11.8 Å². The Labute approximate surface area is 217 Å². The van der Waals surface area contributed by atoms with E-state index in [1.807, 2.05) is 74.1 Å². The standard InChI is InChI=1S/C29H33N5O3/c1-20-18-21(2)34(30-20)17-16-33-28(36)24-10-7-11-25(26(24)29(33)37)32-14-12-23(13-15-32)27(35)31(3)19-22-8-5-4-6-9-22/h4-11,18,23H,12-17,19H2,1-3H3. The highest BCUT2D eigenvalue weighted by Gasteiger charge is 2.39. The Balaban J connectivity index is 1.24. The average Bonchev–Trinajstić information content (AvgIpc) is 3.36. The van der Waals surface area contributed by atoms with Crippen LogP contribution in [0.4, 0.5) is 5.69 Å². The number of carbonyl (C=O) groups excluding carboxylic acids is 3. The summed E-state index contributed by atoms with van der Waals surface area (Å²) in [6.45, 7) is 6.56. The lowest BCUT2D eigenvalue weighted by molar-refractivity contribution is -0.135. The summed E-state index contributed by atoms with van der Waals surface area (Å²) >= 11 is 0. The van der Waals surface area contributed by atoms with Crippen molar-refractivity contribution in [2.45, 2.75) is 39.8 Å². The zero-order valence-corrected chi connectivity index (χ0v) is 21.7. The lowest BCUT2D eigenvalue weighted by atomic mass is 9.94. The Bertz CT molecular complexity index is 1320. The fourth-order valence-electron chi connectivity index (χ4n) is 5.49. The summed E-state index contributed by atoms with van der Waals surface area (Å²) in [5, 5.41) is 4.45. The molecular formula is C29H33N5O3. The lowest BCUT2D eigenvalue weighted by Crippen LogP contribution is -2.41. The molecule has 2 aromatic carbocycles. The molecule has 2 aliphatic heterocycles. The molecule has 1 saturated heterocycles. The molecule has 1 fully saturated rings. The normalized spacial score (nSPS) is 15.9. The summed E-state index contributed by atoms with van der Waals surface area (Å²) in [6, 6.07) is 17.5. The summed E-state index contributed by atoms with van der Waals surface area (Å²) in [4.78, 5) is 44.9. The molecule has 2 aliphatic rings. The van der Waals surface area contributed by atoms with E-state index in [1.165, 1.54) is 4.90 Å². The smallest absolute Gasteiger partial charge is 0.263 e. The summed E-state index contributed by atoms with van der Waals surface area (Å²) in [5.41, 5.74) is 4.75. The molecule has 0 spiro atoms. The average molecular weight is 500 g/mol. The molecule has 37 heavy (non-hydrogen) atoms. The van der Waals surface area contributed by atoms with Gasteiger partial charge in [0.05, 0.1) is 29.1 Å². The second-order valence-electron chi connectivity index (χ2n) is 10.1. The first kappa shape index (κ1) is 24.7. The van der Waals surface area contributed by atoms with Crippen molar-refractivity contribution in [1.82, 2.24) is 19.6 Å². The van der Waals surface area contributed by atoms with Gasteiger partial charge >= 0.3 is 0 Å². The van der Waals surface area contributed by atoms with Crippen LogP contribution in [0.2, 0.25) is 0 Å². The van der Waals surface area contributed by atoms with Crippen LogP contribution in [-0.2, 0) is 17.9 Å². The van der Waals surface area contributed by atoms with Crippen LogP contribution in [0.25, 0.3) is 0 Å². The van der Waals surface area contributed by atoms with Crippen LogP contribution in [0.3, 0.4) is 0 Å². The van der Waals surface area contributed by atoms with Crippen molar-refractivity contribution in [2.75, 3.05) is 31.6 Å². The van der Waals surface area contributed by atoms with Gasteiger partial charge in [0.2, 0.25) is 5.91 Å². The van der Waals surface area contributed by atoms with Gasteiger partial charge in [-0.05, 0) is 50.5 Å². The Morgan fingerprint density at radius 1 is 0.973 bits per heavy atom. The van der Waals surface area contributed by atoms with E-state index in [0.29, 0.717) is 50.1 Å². The molecule has 8 nitrogen and oxygen atoms in total. The van der Waals surface area contributed by atoms with Crippen LogP contribution in [0.1, 0.15) is 50.5 Å². The summed E-state index contributed by atoms with van der Waals surface area (Å²) in [5.74, 6) is -0.395. The van der Waals surface area contributed by atoms with Crippen LogP contribution in [-0.4, -0.2) is 64.0 Å². The van der Waals surface area contributed by atoms with Crippen LogP contribution < -0.4 is 4.90 Å². The number of nitrogens with zero attached hydrogens (tertiary/aromatic N) is 5. The quantitative estimate of drug-likeness (QED) is 0.464. The monoisotopic (exact) mass is 499 g/mol. The minimum Gasteiger partial charge on any atom is -0.371 e. The largest absolute Gasteiger partial charge is 0.371 e. The maximum atomic E-state index is 13.4. The van der Waals surface area contributed by atoms with E-state index in [-0.39, 0.29) is 30.2 Å². The molecule has 5 rings (SSSR count). The summed E-state index contributed by atoms with van der Waals surface area (Å²) in [6.07, 6.45) is 1.43. The first-order chi connectivity index (χ1) is 17.8. The van der Waals surface area contributed by atoms with Crippen molar-refractivity contribution in [3.05, 3.63) is 82.7 Å². The number of rotatable bonds is 7. The van der Waals surface area contributed by atoms with Crippen molar-refractivity contribution >= 4 is 23.4 Å². The second kappa shape index (κ2) is 10.2. The summed E-state index contributed by atoms with van der Waals surface area (Å²) < 4.78 is 1.83. The number of fused-ring (bicyclic) bond motifs is 1. The fraction of sp³-hybridized carbons (Fsp3) is 0.379. The molecule has 3 heterocycles. The zero-order chi connectivity index (χ0) is 26.1. The van der Waals surface area contributed by atoms with E-state index < -0.39 is 0 Å². The Morgan fingerprint density at radius 2 is 1.70 bits per heavy atom. The van der Waals surface area contributed by atoms with Crippen LogP contribution in [0.5, 0.6) is 0 Å². The van der Waals surface area contributed by atoms with Crippen molar-refractivity contribution in [3.8, 4) is 0 Å². The van der Waals surface area contributed by atoms with Gasteiger partial charge in [-0.1, -0.05) is 36.4 Å². The molecule has 8 heteroatoms. The van der Waals surface area contributed by atoms with Gasteiger partial charge in [0.15, 0.2) is 0 Å². The van der Waals surface area contributed by atoms with Crippen LogP contribution >= 0.6 is 0 Å². The predicted molar refractivity (Wildman–Crippen MR) is 141 cm³/mol. The van der Waals surface area contributed by atoms with E-state index in [9.17, 15) is 14.4 Å². The van der Waals surface area contributed by atoms with E-state index in [0.717, 1.165) is 22.6 Å². The molecule has 192 valence electrons. The third kappa shape index (κ3) is 4.88. The molecule has 3 aromatic rings. The van der Waals surface area contributed by atoms with E-state index in [1.54, 1.807) is 11.0 Å². The van der Waals surface area contributed by atoms with Crippen molar-refractivity contribution in [2.24, 2.45) is 5.92 Å². The number of amides is 3. The van der Waals surface area contributed by atoms with Gasteiger partial charge in [-0.2, -0.15) is 5.10 Å². The summed E-state index contributed by atoms with van der Waals surface area (Å²) in [7, 11) is 1.86. The van der Waals surface area contributed by atoms with Crippen molar-refractivity contribution in [1.29, 1.82) is 0 Å². The number of carbonyl (C=O) groups is 3. The Kier molecular flexibility index (Phi) is 6.82. The van der Waals surface area contributed by atoms with E-state index in [2.05, 4.69) is 10.00 Å². The molecule has 3 amide bonds. The molecular weight excluding hydrogens is 466 g/mol. The number of piperidine rings is 1. The number of hydrogen-bond donors (Lipinski definition) is 0. The van der Waals surface area contributed by atoms with Gasteiger partial charge in [-0.15, -0.1) is 0 Å². The Hall–Kier alpha value is -3.94. The van der Waals surface area contributed by atoms with Crippen molar-refractivity contribution < 1.29 is 14.4 Å². The van der Waals surface area contributed by atoms with Gasteiger partial charge in [-0.25, -0.2) is 0 Å². The zero-order valence-electron chi connectivity index (χ0n) is 21.7. The number of anilines is 1. The Morgan fingerprint density at radius 3 is 2.38 bits per heavy atom. The molecule has 0 unspecified atom stereocenters. The fourth-order valence-corrected chi connectivity index (χ4v) is 5.49. The molecule has 0 N–H and O–H groups in total. The van der Waals surface area contributed by atoms with Crippen molar-refractivity contribution in [3.63, 3.8) is 0 Å². The number of imide groups is 1. The number of aryl methyl sites for hydroxylation is 2. The highest BCUT2D eigenvalue weighted by molar-refractivity contribution is 6.23. The third-order valence-electron chi connectivity index (χ3n) is 7.44. The first-order valence-electron chi connectivity index (χ1n) is 12.9. The third-order valence-corrected chi connectivity index (χ3v) is 7.44. The van der Waals surface area contributed by atoms with Gasteiger partial charge in [0.1, 0.15) is 0 Å². The van der Waals surface area contributed by atoms with Crippen LogP contribution in [0, 0.1) is 19.8 Å². The maximum Gasteiger partial charge on any atom is 0.263 e. The molecule has 1 aromatic heterocycles. The topological polar surface area (TPSA) is 78.8 Å². The molecule has 0 atom stereocenters. The second-order valence-corrected chi connectivity index (χ2v) is 10.1. The minimum absolute atomic E-state index is 0.0451. The lowest BCUT2D eigenvalue weighted by Gasteiger charge is -2.35. The van der Waals surface area contributed by atoms with E-state index in [4.69, 9.17) is 0 Å². The number of benzene rings is 2. The first-order valence-corrected chi connectivity index (χ1v) is 12.9. The minimum atomic E-state index is -0.254. The molecule has 0 bridgehead atoms. The number of hydrogen-bond acceptors (Lipinski definition) is 5. The molecule has 0 aliphatic carbocycles. The molecule has 0 saturated carbocycles. The molecule has 0 radical (unpaired) electrons. The maximum absolute atomic E-state index is 13.4. The SMILES string of the molecule is Cc1cc(C)n(CCN2C(=O)c3cccc(N4CCC(C(=O)N(C)Cc5ccccc5)CC4)c3C2=O)n1. The van der Waals surface area contributed by atoms with Gasteiger partial charge < -0.3 is 9.80 Å². The number of aromatic nitrogens is 2.